The number of aromatic nitrogens is 3. The Balaban J connectivity index is 2.71. The molecule has 0 aliphatic carbocycles. The number of hydrogen-bond acceptors (Lipinski definition) is 8. The highest BCUT2D eigenvalue weighted by atomic mass is 32.2. The summed E-state index contributed by atoms with van der Waals surface area (Å²) in [5.41, 5.74) is -2.85. The molecule has 1 N–H and O–H groups in total. The Hall–Kier alpha value is -2.54. The van der Waals surface area contributed by atoms with Crippen molar-refractivity contribution >= 4 is 19.9 Å². The molecule has 0 aliphatic heterocycles. The lowest BCUT2D eigenvalue weighted by molar-refractivity contribution is -0.141. The standard InChI is InChI=1S/C17H20F3N5O5S2/c1-5-11(4)31(26,27)16-13(8-21)15(17(18,19)20)23-25(16)14-7-6-12(9-22-14)32(28,29)24-30-10(2)3/h6-7,9-11,24H,5H2,1-4H3. The first-order valence-electron chi connectivity index (χ1n) is 9.14. The maximum Gasteiger partial charge on any atom is 0.436 e. The lowest BCUT2D eigenvalue weighted by Gasteiger charge is -2.13. The van der Waals surface area contributed by atoms with Crippen LogP contribution in [0.2, 0.25) is 0 Å². The molecule has 15 heteroatoms. The molecule has 2 aromatic heterocycles. The van der Waals surface area contributed by atoms with E-state index in [0.717, 1.165) is 18.3 Å². The molecule has 0 spiro atoms. The molecule has 0 aliphatic rings. The quantitative estimate of drug-likeness (QED) is 0.550. The van der Waals surface area contributed by atoms with E-state index in [1.807, 2.05) is 4.89 Å². The number of nitrogens with zero attached hydrogens (tertiary/aromatic N) is 4. The van der Waals surface area contributed by atoms with E-state index in [1.165, 1.54) is 19.9 Å². The van der Waals surface area contributed by atoms with Crippen molar-refractivity contribution in [1.82, 2.24) is 19.6 Å². The van der Waals surface area contributed by atoms with Gasteiger partial charge < -0.3 is 0 Å². The van der Waals surface area contributed by atoms with Crippen LogP contribution in [0, 0.1) is 11.3 Å². The van der Waals surface area contributed by atoms with E-state index < -0.39 is 64.4 Å². The number of halogens is 3. The van der Waals surface area contributed by atoms with E-state index in [0.29, 0.717) is 4.68 Å². The third-order valence-electron chi connectivity index (χ3n) is 4.24. The van der Waals surface area contributed by atoms with Gasteiger partial charge in [-0.25, -0.2) is 26.5 Å². The molecule has 0 radical (unpaired) electrons. The lowest BCUT2D eigenvalue weighted by Crippen LogP contribution is -2.27. The highest BCUT2D eigenvalue weighted by molar-refractivity contribution is 7.92. The number of sulfonamides is 1. The average molecular weight is 496 g/mol. The second-order valence-electron chi connectivity index (χ2n) is 6.92. The van der Waals surface area contributed by atoms with E-state index in [1.54, 1.807) is 13.8 Å². The first kappa shape index (κ1) is 25.7. The van der Waals surface area contributed by atoms with E-state index in [4.69, 9.17) is 4.84 Å². The van der Waals surface area contributed by atoms with Gasteiger partial charge in [-0.3, -0.25) is 4.84 Å². The molecule has 2 rings (SSSR count). The zero-order valence-electron chi connectivity index (χ0n) is 17.4. The minimum atomic E-state index is -5.11. The Morgan fingerprint density at radius 3 is 2.28 bits per heavy atom. The predicted molar refractivity (Wildman–Crippen MR) is 105 cm³/mol. The van der Waals surface area contributed by atoms with Crippen LogP contribution in [0.4, 0.5) is 13.2 Å². The Morgan fingerprint density at radius 2 is 1.84 bits per heavy atom. The van der Waals surface area contributed by atoms with Crippen molar-refractivity contribution in [3.05, 3.63) is 29.6 Å². The third-order valence-corrected chi connectivity index (χ3v) is 7.73. The molecular formula is C17H20F3N5O5S2. The van der Waals surface area contributed by atoms with Crippen molar-refractivity contribution in [1.29, 1.82) is 5.26 Å². The number of nitrogens with one attached hydrogen (secondary N) is 1. The molecule has 1 unspecified atom stereocenters. The van der Waals surface area contributed by atoms with Gasteiger partial charge in [0.25, 0.3) is 10.0 Å². The second kappa shape index (κ2) is 9.14. The van der Waals surface area contributed by atoms with Crippen LogP contribution in [0.1, 0.15) is 45.4 Å². The molecule has 0 aromatic carbocycles. The average Bonchev–Trinajstić information content (AvgIpc) is 3.12. The van der Waals surface area contributed by atoms with Crippen LogP contribution in [-0.2, 0) is 30.9 Å². The molecule has 1 atom stereocenters. The number of rotatable bonds is 8. The number of alkyl halides is 3. The summed E-state index contributed by atoms with van der Waals surface area (Å²) in [5.74, 6) is -0.428. The van der Waals surface area contributed by atoms with Gasteiger partial charge in [0.1, 0.15) is 16.5 Å². The van der Waals surface area contributed by atoms with Gasteiger partial charge in [-0.15, -0.1) is 0 Å². The van der Waals surface area contributed by atoms with E-state index in [2.05, 4.69) is 10.1 Å². The summed E-state index contributed by atoms with van der Waals surface area (Å²) in [7, 11) is -8.58. The van der Waals surface area contributed by atoms with Crippen LogP contribution < -0.4 is 4.89 Å². The van der Waals surface area contributed by atoms with Crippen LogP contribution in [0.25, 0.3) is 5.82 Å². The summed E-state index contributed by atoms with van der Waals surface area (Å²) < 4.78 is 90.9. The van der Waals surface area contributed by atoms with Gasteiger partial charge in [0, 0.05) is 6.20 Å². The van der Waals surface area contributed by atoms with Gasteiger partial charge >= 0.3 is 6.18 Å². The number of nitriles is 1. The minimum absolute atomic E-state index is 0.0614. The fraction of sp³-hybridized carbons (Fsp3) is 0.471. The molecule has 176 valence electrons. The smallest absolute Gasteiger partial charge is 0.284 e. The molecule has 0 amide bonds. The van der Waals surface area contributed by atoms with Crippen molar-refractivity contribution < 1.29 is 34.8 Å². The summed E-state index contributed by atoms with van der Waals surface area (Å²) in [4.78, 5) is 10.0. The molecule has 32 heavy (non-hydrogen) atoms. The topological polar surface area (TPSA) is 144 Å². The van der Waals surface area contributed by atoms with Crippen LogP contribution in [0.5, 0.6) is 0 Å². The zero-order chi connectivity index (χ0) is 24.5. The molecule has 2 aromatic rings. The fourth-order valence-electron chi connectivity index (χ4n) is 2.39. The molecule has 0 saturated carbocycles. The first-order chi connectivity index (χ1) is 14.7. The Morgan fingerprint density at radius 1 is 1.22 bits per heavy atom. The van der Waals surface area contributed by atoms with Gasteiger partial charge in [0.2, 0.25) is 0 Å². The highest BCUT2D eigenvalue weighted by Gasteiger charge is 2.43. The minimum Gasteiger partial charge on any atom is -0.284 e. The van der Waals surface area contributed by atoms with Gasteiger partial charge in [0.15, 0.2) is 26.4 Å². The maximum atomic E-state index is 13.4. The molecule has 0 saturated heterocycles. The van der Waals surface area contributed by atoms with Crippen LogP contribution in [0.15, 0.2) is 28.3 Å². The van der Waals surface area contributed by atoms with Gasteiger partial charge in [-0.2, -0.15) is 23.5 Å². The molecule has 2 heterocycles. The molecular weight excluding hydrogens is 475 g/mol. The zero-order valence-corrected chi connectivity index (χ0v) is 19.0. The predicted octanol–water partition coefficient (Wildman–Crippen LogP) is 2.35. The number of hydrogen-bond donors (Lipinski definition) is 1. The largest absolute Gasteiger partial charge is 0.436 e. The first-order valence-corrected chi connectivity index (χ1v) is 12.2. The maximum absolute atomic E-state index is 13.4. The third kappa shape index (κ3) is 5.09. The Labute approximate surface area is 182 Å². The Bertz CT molecular complexity index is 1230. The second-order valence-corrected chi connectivity index (χ2v) is 10.8. The molecule has 0 fully saturated rings. The number of pyridine rings is 1. The summed E-state index contributed by atoms with van der Waals surface area (Å²) in [6, 6.07) is 3.22. The molecule has 10 nitrogen and oxygen atoms in total. The van der Waals surface area contributed by atoms with E-state index in [-0.39, 0.29) is 6.42 Å². The van der Waals surface area contributed by atoms with Crippen LogP contribution >= 0.6 is 0 Å². The van der Waals surface area contributed by atoms with Crippen LogP contribution in [0.3, 0.4) is 0 Å². The summed E-state index contributed by atoms with van der Waals surface area (Å²) in [5, 5.41) is 10.5. The van der Waals surface area contributed by atoms with Crippen molar-refractivity contribution in [2.45, 2.75) is 61.6 Å². The summed E-state index contributed by atoms with van der Waals surface area (Å²) >= 11 is 0. The van der Waals surface area contributed by atoms with Gasteiger partial charge in [-0.1, -0.05) is 11.8 Å². The van der Waals surface area contributed by atoms with Crippen molar-refractivity contribution in [3.63, 3.8) is 0 Å². The van der Waals surface area contributed by atoms with Crippen molar-refractivity contribution in [2.24, 2.45) is 0 Å². The van der Waals surface area contributed by atoms with E-state index in [9.17, 15) is 35.3 Å². The van der Waals surface area contributed by atoms with Gasteiger partial charge in [-0.05, 0) is 39.3 Å². The summed E-state index contributed by atoms with van der Waals surface area (Å²) in [6.45, 7) is 5.95. The molecule has 0 bridgehead atoms. The van der Waals surface area contributed by atoms with E-state index >= 15 is 0 Å². The highest BCUT2D eigenvalue weighted by Crippen LogP contribution is 2.36. The normalized spacial score (nSPS) is 13.8. The SMILES string of the molecule is CCC(C)S(=O)(=O)c1c(C#N)c(C(F)(F)F)nn1-c1ccc(S(=O)(=O)NOC(C)C)cn1. The van der Waals surface area contributed by atoms with Gasteiger partial charge in [0.05, 0.1) is 11.4 Å². The Kier molecular flexibility index (Phi) is 7.34. The number of sulfone groups is 1. The van der Waals surface area contributed by atoms with Crippen molar-refractivity contribution in [3.8, 4) is 11.9 Å². The summed E-state index contributed by atoms with van der Waals surface area (Å²) in [6.07, 6.45) is -4.73. The van der Waals surface area contributed by atoms with Crippen LogP contribution in [-0.4, -0.2) is 43.0 Å². The monoisotopic (exact) mass is 495 g/mol. The van der Waals surface area contributed by atoms with Crippen molar-refractivity contribution in [2.75, 3.05) is 0 Å². The fourth-order valence-corrected chi connectivity index (χ4v) is 4.87. The lowest BCUT2D eigenvalue weighted by atomic mass is 10.2.